The molecular weight excluding hydrogens is 276 g/mol. The molecule has 0 atom stereocenters. The zero-order valence-electron chi connectivity index (χ0n) is 12.5. The highest BCUT2D eigenvalue weighted by molar-refractivity contribution is 5.81. The Kier molecular flexibility index (Phi) is 3.83. The van der Waals surface area contributed by atoms with Crippen molar-refractivity contribution >= 4 is 16.5 Å². The van der Waals surface area contributed by atoms with Crippen LogP contribution in [0, 0.1) is 6.92 Å². The maximum Gasteiger partial charge on any atom is 0.258 e. The molecule has 0 amide bonds. The fraction of sp³-hybridized carbons (Fsp3) is 0.167. The molecule has 0 saturated carbocycles. The Labute approximate surface area is 128 Å². The largest absolute Gasteiger partial charge is 0.492 e. The average Bonchev–Trinajstić information content (AvgIpc) is 2.49. The standard InChI is InChI=1S/C18H18N2O2/c1-13-5-6-17-14(11-13)7-8-20(18(17)21)9-10-22-16-4-2-3-15(19)12-16/h2-8,11-12H,9-10,19H2,1H3. The lowest BCUT2D eigenvalue weighted by atomic mass is 10.1. The van der Waals surface area contributed by atoms with E-state index in [2.05, 4.69) is 0 Å². The van der Waals surface area contributed by atoms with Crippen LogP contribution in [0.5, 0.6) is 5.75 Å². The lowest BCUT2D eigenvalue weighted by Crippen LogP contribution is -2.22. The molecule has 22 heavy (non-hydrogen) atoms. The number of aromatic nitrogens is 1. The number of fused-ring (bicyclic) bond motifs is 1. The van der Waals surface area contributed by atoms with Crippen LogP contribution >= 0.6 is 0 Å². The van der Waals surface area contributed by atoms with Crippen LogP contribution in [-0.4, -0.2) is 11.2 Å². The summed E-state index contributed by atoms with van der Waals surface area (Å²) < 4.78 is 7.31. The molecule has 0 aliphatic heterocycles. The summed E-state index contributed by atoms with van der Waals surface area (Å²) in [4.78, 5) is 12.4. The van der Waals surface area contributed by atoms with Gasteiger partial charge >= 0.3 is 0 Å². The van der Waals surface area contributed by atoms with E-state index in [0.717, 1.165) is 16.3 Å². The van der Waals surface area contributed by atoms with Crippen LogP contribution in [0.4, 0.5) is 5.69 Å². The van der Waals surface area contributed by atoms with Gasteiger partial charge in [-0.05, 0) is 36.6 Å². The molecule has 0 bridgehead atoms. The van der Waals surface area contributed by atoms with Crippen molar-refractivity contribution in [1.82, 2.24) is 4.57 Å². The van der Waals surface area contributed by atoms with Crippen LogP contribution in [0.2, 0.25) is 0 Å². The predicted octanol–water partition coefficient (Wildman–Crippen LogP) is 2.97. The third kappa shape index (κ3) is 2.96. The van der Waals surface area contributed by atoms with Crippen molar-refractivity contribution < 1.29 is 4.74 Å². The van der Waals surface area contributed by atoms with Gasteiger partial charge in [0, 0.05) is 23.3 Å². The summed E-state index contributed by atoms with van der Waals surface area (Å²) in [5, 5.41) is 1.70. The number of rotatable bonds is 4. The molecular formula is C18H18N2O2. The van der Waals surface area contributed by atoms with E-state index in [1.807, 2.05) is 55.6 Å². The highest BCUT2D eigenvalue weighted by Gasteiger charge is 2.03. The summed E-state index contributed by atoms with van der Waals surface area (Å²) in [6, 6.07) is 15.1. The van der Waals surface area contributed by atoms with Crippen molar-refractivity contribution in [2.45, 2.75) is 13.5 Å². The number of benzene rings is 2. The molecule has 3 rings (SSSR count). The number of anilines is 1. The third-order valence-electron chi connectivity index (χ3n) is 3.59. The van der Waals surface area contributed by atoms with E-state index in [4.69, 9.17) is 10.5 Å². The number of hydrogen-bond acceptors (Lipinski definition) is 3. The Morgan fingerprint density at radius 1 is 1.14 bits per heavy atom. The van der Waals surface area contributed by atoms with Crippen LogP contribution < -0.4 is 16.0 Å². The summed E-state index contributed by atoms with van der Waals surface area (Å²) in [5.74, 6) is 0.712. The van der Waals surface area contributed by atoms with Gasteiger partial charge in [-0.1, -0.05) is 23.8 Å². The number of hydrogen-bond donors (Lipinski definition) is 1. The van der Waals surface area contributed by atoms with Gasteiger partial charge in [0.15, 0.2) is 0 Å². The molecule has 0 aliphatic rings. The second-order valence-corrected chi connectivity index (χ2v) is 5.33. The second-order valence-electron chi connectivity index (χ2n) is 5.33. The minimum Gasteiger partial charge on any atom is -0.492 e. The van der Waals surface area contributed by atoms with Crippen LogP contribution in [0.3, 0.4) is 0 Å². The fourth-order valence-electron chi connectivity index (χ4n) is 2.45. The van der Waals surface area contributed by atoms with Gasteiger partial charge in [0.05, 0.1) is 6.54 Å². The summed E-state index contributed by atoms with van der Waals surface area (Å²) in [6.45, 7) is 2.93. The molecule has 0 saturated heterocycles. The quantitative estimate of drug-likeness (QED) is 0.753. The van der Waals surface area contributed by atoms with E-state index >= 15 is 0 Å². The Bertz CT molecular complexity index is 868. The first kappa shape index (κ1) is 14.2. The predicted molar refractivity (Wildman–Crippen MR) is 89.3 cm³/mol. The lowest BCUT2D eigenvalue weighted by Gasteiger charge is -2.10. The molecule has 1 heterocycles. The average molecular weight is 294 g/mol. The van der Waals surface area contributed by atoms with Crippen LogP contribution in [-0.2, 0) is 6.54 Å². The van der Waals surface area contributed by atoms with Gasteiger partial charge in [0.1, 0.15) is 12.4 Å². The number of nitrogens with two attached hydrogens (primary N) is 1. The van der Waals surface area contributed by atoms with Gasteiger partial charge in [-0.2, -0.15) is 0 Å². The number of nitrogen functional groups attached to an aromatic ring is 1. The first-order chi connectivity index (χ1) is 10.6. The van der Waals surface area contributed by atoms with Crippen LogP contribution in [0.15, 0.2) is 59.5 Å². The molecule has 112 valence electrons. The van der Waals surface area contributed by atoms with E-state index in [9.17, 15) is 4.79 Å². The van der Waals surface area contributed by atoms with Gasteiger partial charge in [-0.25, -0.2) is 0 Å². The minimum absolute atomic E-state index is 0.00803. The maximum atomic E-state index is 12.4. The number of nitrogens with zero attached hydrogens (tertiary/aromatic N) is 1. The Morgan fingerprint density at radius 2 is 2.00 bits per heavy atom. The smallest absolute Gasteiger partial charge is 0.258 e. The maximum absolute atomic E-state index is 12.4. The SMILES string of the molecule is Cc1ccc2c(=O)n(CCOc3cccc(N)c3)ccc2c1. The molecule has 0 aliphatic carbocycles. The molecule has 0 fully saturated rings. The topological polar surface area (TPSA) is 57.2 Å². The van der Waals surface area contributed by atoms with Crippen molar-refractivity contribution in [3.8, 4) is 5.75 Å². The van der Waals surface area contributed by atoms with Crippen molar-refractivity contribution in [3.05, 3.63) is 70.6 Å². The van der Waals surface area contributed by atoms with Gasteiger partial charge in [0.2, 0.25) is 0 Å². The van der Waals surface area contributed by atoms with E-state index in [1.54, 1.807) is 10.6 Å². The van der Waals surface area contributed by atoms with E-state index in [0.29, 0.717) is 24.6 Å². The fourth-order valence-corrected chi connectivity index (χ4v) is 2.45. The minimum atomic E-state index is 0.00803. The second kappa shape index (κ2) is 5.93. The zero-order valence-corrected chi connectivity index (χ0v) is 12.5. The lowest BCUT2D eigenvalue weighted by molar-refractivity contribution is 0.297. The molecule has 1 aromatic heterocycles. The zero-order chi connectivity index (χ0) is 15.5. The molecule has 0 spiro atoms. The number of ether oxygens (including phenoxy) is 1. The monoisotopic (exact) mass is 294 g/mol. The summed E-state index contributed by atoms with van der Waals surface area (Å²) in [7, 11) is 0. The third-order valence-corrected chi connectivity index (χ3v) is 3.59. The van der Waals surface area contributed by atoms with Gasteiger partial charge in [0.25, 0.3) is 5.56 Å². The number of aryl methyl sites for hydroxylation is 1. The molecule has 3 aromatic rings. The van der Waals surface area contributed by atoms with Crippen LogP contribution in [0.1, 0.15) is 5.56 Å². The molecule has 0 unspecified atom stereocenters. The van der Waals surface area contributed by atoms with Crippen LogP contribution in [0.25, 0.3) is 10.8 Å². The molecule has 2 aromatic carbocycles. The Hall–Kier alpha value is -2.75. The van der Waals surface area contributed by atoms with E-state index in [-0.39, 0.29) is 5.56 Å². The highest BCUT2D eigenvalue weighted by Crippen LogP contribution is 2.14. The summed E-state index contributed by atoms with van der Waals surface area (Å²) in [5.41, 5.74) is 7.52. The number of pyridine rings is 1. The van der Waals surface area contributed by atoms with E-state index < -0.39 is 0 Å². The van der Waals surface area contributed by atoms with Crippen molar-refractivity contribution in [3.63, 3.8) is 0 Å². The van der Waals surface area contributed by atoms with E-state index in [1.165, 1.54) is 0 Å². The first-order valence-electron chi connectivity index (χ1n) is 7.22. The molecule has 4 nitrogen and oxygen atoms in total. The van der Waals surface area contributed by atoms with Crippen molar-refractivity contribution in [2.24, 2.45) is 0 Å². The normalized spacial score (nSPS) is 10.8. The van der Waals surface area contributed by atoms with Gasteiger partial charge in [-0.3, -0.25) is 4.79 Å². The highest BCUT2D eigenvalue weighted by atomic mass is 16.5. The van der Waals surface area contributed by atoms with Gasteiger partial charge in [-0.15, -0.1) is 0 Å². The van der Waals surface area contributed by atoms with Crippen molar-refractivity contribution in [1.29, 1.82) is 0 Å². The first-order valence-corrected chi connectivity index (χ1v) is 7.22. The Balaban J connectivity index is 1.75. The van der Waals surface area contributed by atoms with Gasteiger partial charge < -0.3 is 15.0 Å². The Morgan fingerprint density at radius 3 is 2.82 bits per heavy atom. The summed E-state index contributed by atoms with van der Waals surface area (Å²) in [6.07, 6.45) is 1.81. The summed E-state index contributed by atoms with van der Waals surface area (Å²) >= 11 is 0. The molecule has 4 heteroatoms. The molecule has 2 N–H and O–H groups in total. The molecule has 0 radical (unpaired) electrons. The van der Waals surface area contributed by atoms with Crippen molar-refractivity contribution in [2.75, 3.05) is 12.3 Å².